The molecule has 3 rings (SSSR count). The van der Waals surface area contributed by atoms with Gasteiger partial charge in [-0.25, -0.2) is 0 Å². The average Bonchev–Trinajstić information content (AvgIpc) is 2.66. The summed E-state index contributed by atoms with van der Waals surface area (Å²) in [5.74, 6) is 2.61. The summed E-state index contributed by atoms with van der Waals surface area (Å²) in [5.41, 5.74) is 1.39. The number of benzene rings is 2. The van der Waals surface area contributed by atoms with Gasteiger partial charge in [-0.2, -0.15) is 0 Å². The Balaban J connectivity index is 1.74. The van der Waals surface area contributed by atoms with Crippen molar-refractivity contribution in [3.05, 3.63) is 35.9 Å². The molecule has 0 saturated carbocycles. The largest absolute Gasteiger partial charge is 0.493 e. The second kappa shape index (κ2) is 7.86. The third-order valence-electron chi connectivity index (χ3n) is 3.92. The van der Waals surface area contributed by atoms with Gasteiger partial charge in [-0.05, 0) is 17.7 Å². The van der Waals surface area contributed by atoms with E-state index >= 15 is 0 Å². The quantitative estimate of drug-likeness (QED) is 0.855. The van der Waals surface area contributed by atoms with E-state index in [0.29, 0.717) is 47.6 Å². The van der Waals surface area contributed by atoms with Gasteiger partial charge in [0.25, 0.3) is 0 Å². The molecule has 1 amide bonds. The zero-order valence-corrected chi connectivity index (χ0v) is 15.0. The lowest BCUT2D eigenvalue weighted by Gasteiger charge is -2.19. The number of rotatable bonds is 6. The Bertz CT molecular complexity index is 780. The lowest BCUT2D eigenvalue weighted by molar-refractivity contribution is -0.115. The Hall–Kier alpha value is -3.09. The van der Waals surface area contributed by atoms with Crippen LogP contribution in [-0.2, 0) is 11.2 Å². The maximum atomic E-state index is 12.4. The second-order valence-corrected chi connectivity index (χ2v) is 5.62. The summed E-state index contributed by atoms with van der Waals surface area (Å²) in [6, 6.07) is 8.86. The first-order chi connectivity index (χ1) is 12.6. The van der Waals surface area contributed by atoms with Crippen molar-refractivity contribution in [3.8, 4) is 28.7 Å². The van der Waals surface area contributed by atoms with Crippen molar-refractivity contribution in [3.63, 3.8) is 0 Å². The third-order valence-corrected chi connectivity index (χ3v) is 3.92. The Kier molecular flexibility index (Phi) is 5.36. The number of ether oxygens (including phenoxy) is 5. The minimum absolute atomic E-state index is 0.170. The SMILES string of the molecule is COc1cc(NC(=O)Cc2ccc3c(c2)OCCO3)cc(OC)c1OC. The number of amides is 1. The highest BCUT2D eigenvalue weighted by molar-refractivity contribution is 5.93. The van der Waals surface area contributed by atoms with Crippen LogP contribution in [0, 0.1) is 0 Å². The topological polar surface area (TPSA) is 75.3 Å². The molecule has 0 fully saturated rings. The molecule has 2 aromatic rings. The van der Waals surface area contributed by atoms with Crippen LogP contribution in [0.5, 0.6) is 28.7 Å². The summed E-state index contributed by atoms with van der Waals surface area (Å²) in [6.07, 6.45) is 0.202. The lowest BCUT2D eigenvalue weighted by Crippen LogP contribution is -2.17. The standard InChI is InChI=1S/C19H21NO6/c1-22-16-10-13(11-17(23-2)19(16)24-3)20-18(21)9-12-4-5-14-15(8-12)26-7-6-25-14/h4-5,8,10-11H,6-7,9H2,1-3H3,(H,20,21). The monoisotopic (exact) mass is 359 g/mol. The molecule has 0 aromatic heterocycles. The van der Waals surface area contributed by atoms with E-state index in [1.807, 2.05) is 18.2 Å². The number of carbonyl (C=O) groups excluding carboxylic acids is 1. The molecule has 2 aromatic carbocycles. The van der Waals surface area contributed by atoms with Crippen molar-refractivity contribution in [2.45, 2.75) is 6.42 Å². The first-order valence-corrected chi connectivity index (χ1v) is 8.13. The summed E-state index contributed by atoms with van der Waals surface area (Å²) in [6.45, 7) is 1.04. The molecule has 0 unspecified atom stereocenters. The first-order valence-electron chi connectivity index (χ1n) is 8.13. The van der Waals surface area contributed by atoms with Gasteiger partial charge < -0.3 is 29.0 Å². The van der Waals surface area contributed by atoms with Crippen LogP contribution in [0.25, 0.3) is 0 Å². The van der Waals surface area contributed by atoms with Crippen molar-refractivity contribution in [1.29, 1.82) is 0 Å². The summed E-state index contributed by atoms with van der Waals surface area (Å²) < 4.78 is 26.9. The Morgan fingerprint density at radius 2 is 1.62 bits per heavy atom. The number of carbonyl (C=O) groups is 1. The van der Waals surface area contributed by atoms with Crippen LogP contribution in [0.3, 0.4) is 0 Å². The van der Waals surface area contributed by atoms with Crippen LogP contribution in [0.2, 0.25) is 0 Å². The van der Waals surface area contributed by atoms with Crippen molar-refractivity contribution in [2.24, 2.45) is 0 Å². The Labute approximate surface area is 151 Å². The number of anilines is 1. The second-order valence-electron chi connectivity index (χ2n) is 5.62. The van der Waals surface area contributed by atoms with Gasteiger partial charge in [-0.1, -0.05) is 6.07 Å². The third kappa shape index (κ3) is 3.77. The molecule has 0 saturated heterocycles. The fraction of sp³-hybridized carbons (Fsp3) is 0.316. The fourth-order valence-electron chi connectivity index (χ4n) is 2.74. The summed E-state index contributed by atoms with van der Waals surface area (Å²) in [4.78, 5) is 12.4. The molecule has 1 aliphatic heterocycles. The van der Waals surface area contributed by atoms with Gasteiger partial charge >= 0.3 is 0 Å². The molecule has 1 heterocycles. The molecule has 1 aliphatic rings. The average molecular weight is 359 g/mol. The molecular weight excluding hydrogens is 338 g/mol. The smallest absolute Gasteiger partial charge is 0.228 e. The van der Waals surface area contributed by atoms with Crippen molar-refractivity contribution >= 4 is 11.6 Å². The van der Waals surface area contributed by atoms with E-state index in [-0.39, 0.29) is 12.3 Å². The van der Waals surface area contributed by atoms with E-state index in [9.17, 15) is 4.79 Å². The van der Waals surface area contributed by atoms with Gasteiger partial charge in [0.2, 0.25) is 11.7 Å². The van der Waals surface area contributed by atoms with Crippen LogP contribution in [0.4, 0.5) is 5.69 Å². The zero-order chi connectivity index (χ0) is 18.5. The molecule has 1 N–H and O–H groups in total. The molecule has 138 valence electrons. The number of methoxy groups -OCH3 is 3. The van der Waals surface area contributed by atoms with E-state index in [1.165, 1.54) is 21.3 Å². The van der Waals surface area contributed by atoms with Gasteiger partial charge in [0.05, 0.1) is 27.8 Å². The molecule has 0 bridgehead atoms. The Morgan fingerprint density at radius 1 is 0.962 bits per heavy atom. The summed E-state index contributed by atoms with van der Waals surface area (Å²) in [7, 11) is 4.58. The Morgan fingerprint density at radius 3 is 2.23 bits per heavy atom. The molecular formula is C19H21NO6. The van der Waals surface area contributed by atoms with Crippen LogP contribution >= 0.6 is 0 Å². The summed E-state index contributed by atoms with van der Waals surface area (Å²) >= 11 is 0. The van der Waals surface area contributed by atoms with Gasteiger partial charge in [-0.15, -0.1) is 0 Å². The van der Waals surface area contributed by atoms with Crippen LogP contribution in [0.15, 0.2) is 30.3 Å². The predicted octanol–water partition coefficient (Wildman–Crippen LogP) is 2.66. The lowest BCUT2D eigenvalue weighted by atomic mass is 10.1. The van der Waals surface area contributed by atoms with Crippen molar-refractivity contribution < 1.29 is 28.5 Å². The highest BCUT2D eigenvalue weighted by atomic mass is 16.6. The number of fused-ring (bicyclic) bond motifs is 1. The predicted molar refractivity (Wildman–Crippen MR) is 95.9 cm³/mol. The summed E-state index contributed by atoms with van der Waals surface area (Å²) in [5, 5.41) is 2.84. The highest BCUT2D eigenvalue weighted by Gasteiger charge is 2.16. The van der Waals surface area contributed by atoms with Gasteiger partial charge in [-0.3, -0.25) is 4.79 Å². The molecule has 0 radical (unpaired) electrons. The number of hydrogen-bond acceptors (Lipinski definition) is 6. The first kappa shape index (κ1) is 17.7. The van der Waals surface area contributed by atoms with E-state index in [2.05, 4.69) is 5.32 Å². The molecule has 0 aliphatic carbocycles. The molecule has 0 atom stereocenters. The van der Waals surface area contributed by atoms with E-state index in [4.69, 9.17) is 23.7 Å². The van der Waals surface area contributed by atoms with E-state index < -0.39 is 0 Å². The van der Waals surface area contributed by atoms with E-state index in [1.54, 1.807) is 12.1 Å². The highest BCUT2D eigenvalue weighted by Crippen LogP contribution is 2.40. The molecule has 7 nitrogen and oxygen atoms in total. The maximum absolute atomic E-state index is 12.4. The number of nitrogens with one attached hydrogen (secondary N) is 1. The minimum Gasteiger partial charge on any atom is -0.493 e. The van der Waals surface area contributed by atoms with Crippen LogP contribution in [-0.4, -0.2) is 40.5 Å². The maximum Gasteiger partial charge on any atom is 0.228 e. The van der Waals surface area contributed by atoms with Crippen molar-refractivity contribution in [2.75, 3.05) is 39.9 Å². The minimum atomic E-state index is -0.170. The molecule has 7 heteroatoms. The fourth-order valence-corrected chi connectivity index (χ4v) is 2.74. The zero-order valence-electron chi connectivity index (χ0n) is 15.0. The van der Waals surface area contributed by atoms with Gasteiger partial charge in [0.1, 0.15) is 13.2 Å². The molecule has 26 heavy (non-hydrogen) atoms. The van der Waals surface area contributed by atoms with Gasteiger partial charge in [0, 0.05) is 17.8 Å². The van der Waals surface area contributed by atoms with Crippen LogP contribution < -0.4 is 29.0 Å². The molecule has 0 spiro atoms. The van der Waals surface area contributed by atoms with Crippen LogP contribution in [0.1, 0.15) is 5.56 Å². The van der Waals surface area contributed by atoms with Crippen molar-refractivity contribution in [1.82, 2.24) is 0 Å². The normalized spacial score (nSPS) is 12.3. The van der Waals surface area contributed by atoms with Gasteiger partial charge in [0.15, 0.2) is 23.0 Å². The van der Waals surface area contributed by atoms with E-state index in [0.717, 1.165) is 5.56 Å². The number of hydrogen-bond donors (Lipinski definition) is 1.